The number of para-hydroxylation sites is 2. The van der Waals surface area contributed by atoms with Crippen LogP contribution in [0.4, 0.5) is 0 Å². The Morgan fingerprint density at radius 2 is 1.21 bits per heavy atom. The quantitative estimate of drug-likeness (QED) is 0.295. The molecule has 5 nitrogen and oxygen atoms in total. The zero-order valence-electron chi connectivity index (χ0n) is 18.0. The third kappa shape index (κ3) is 6.14. The molecule has 0 aromatic heterocycles. The summed E-state index contributed by atoms with van der Waals surface area (Å²) in [5, 5.41) is 9.62. The molecule has 0 bridgehead atoms. The molecule has 0 amide bonds. The molecule has 0 saturated carbocycles. The van der Waals surface area contributed by atoms with Gasteiger partial charge in [0.1, 0.15) is 29.1 Å². The van der Waals surface area contributed by atoms with Gasteiger partial charge >= 0.3 is 5.97 Å². The Labute approximate surface area is 192 Å². The van der Waals surface area contributed by atoms with Crippen molar-refractivity contribution in [1.29, 1.82) is 0 Å². The Hall–Kier alpha value is -4.25. The molecule has 0 heterocycles. The van der Waals surface area contributed by atoms with Crippen LogP contribution >= 0.6 is 0 Å². The van der Waals surface area contributed by atoms with E-state index in [1.807, 2.05) is 91.0 Å². The number of carbonyl (C=O) groups is 1. The Morgan fingerprint density at radius 3 is 1.88 bits per heavy atom. The minimum atomic E-state index is -0.984. The second kappa shape index (κ2) is 10.9. The average Bonchev–Trinajstić information content (AvgIpc) is 2.86. The van der Waals surface area contributed by atoms with Crippen LogP contribution in [0.25, 0.3) is 0 Å². The van der Waals surface area contributed by atoms with Crippen LogP contribution < -0.4 is 14.2 Å². The van der Waals surface area contributed by atoms with E-state index < -0.39 is 12.1 Å². The lowest BCUT2D eigenvalue weighted by Gasteiger charge is -2.21. The molecule has 0 aliphatic rings. The molecule has 4 rings (SSSR count). The zero-order chi connectivity index (χ0) is 22.9. The lowest BCUT2D eigenvalue weighted by Crippen LogP contribution is -2.16. The summed E-state index contributed by atoms with van der Waals surface area (Å²) in [6.07, 6.45) is 0.00180. The van der Waals surface area contributed by atoms with Gasteiger partial charge in [0.15, 0.2) is 0 Å². The predicted octanol–water partition coefficient (Wildman–Crippen LogP) is 6.77. The van der Waals surface area contributed by atoms with Crippen LogP contribution in [0.1, 0.15) is 28.4 Å². The van der Waals surface area contributed by atoms with Gasteiger partial charge in [0.05, 0.1) is 12.2 Å². The summed E-state index contributed by atoms with van der Waals surface area (Å²) < 4.78 is 17.9. The Morgan fingerprint density at radius 1 is 0.667 bits per heavy atom. The average molecular weight is 440 g/mol. The lowest BCUT2D eigenvalue weighted by molar-refractivity contribution is 0.0689. The van der Waals surface area contributed by atoms with Crippen LogP contribution in [-0.2, 0) is 0 Å². The maximum absolute atomic E-state index is 11.7. The molecule has 4 aromatic rings. The summed E-state index contributed by atoms with van der Waals surface area (Å²) in [7, 11) is 0. The Balaban J connectivity index is 1.42. The number of rotatable bonds is 10. The first kappa shape index (κ1) is 22.0. The number of aromatic carboxylic acids is 1. The van der Waals surface area contributed by atoms with Crippen LogP contribution in [-0.4, -0.2) is 17.7 Å². The van der Waals surface area contributed by atoms with Gasteiger partial charge in [-0.25, -0.2) is 4.79 Å². The fourth-order valence-electron chi connectivity index (χ4n) is 3.43. The number of ether oxygens (including phenoxy) is 3. The topological polar surface area (TPSA) is 65.0 Å². The summed E-state index contributed by atoms with van der Waals surface area (Å²) in [4.78, 5) is 11.7. The van der Waals surface area contributed by atoms with Crippen molar-refractivity contribution in [3.05, 3.63) is 120 Å². The number of hydrogen-bond acceptors (Lipinski definition) is 4. The van der Waals surface area contributed by atoms with Gasteiger partial charge in [-0.1, -0.05) is 54.6 Å². The fourth-order valence-corrected chi connectivity index (χ4v) is 3.43. The van der Waals surface area contributed by atoms with E-state index in [0.29, 0.717) is 35.8 Å². The Kier molecular flexibility index (Phi) is 7.23. The van der Waals surface area contributed by atoms with Gasteiger partial charge in [0, 0.05) is 12.0 Å². The van der Waals surface area contributed by atoms with Gasteiger partial charge in [-0.3, -0.25) is 0 Å². The van der Waals surface area contributed by atoms with E-state index >= 15 is 0 Å². The predicted molar refractivity (Wildman–Crippen MR) is 126 cm³/mol. The second-order valence-electron chi connectivity index (χ2n) is 7.34. The first-order valence-electron chi connectivity index (χ1n) is 10.7. The SMILES string of the molecule is O=C(O)c1ccccc1C(CCOc1ccc(Oc2ccccc2)cc1)Oc1ccccc1. The molecule has 0 radical (unpaired) electrons. The molecule has 4 aromatic carbocycles. The van der Waals surface area contributed by atoms with Gasteiger partial charge in [-0.15, -0.1) is 0 Å². The first-order chi connectivity index (χ1) is 16.2. The van der Waals surface area contributed by atoms with Crippen LogP contribution in [0, 0.1) is 0 Å². The molecule has 1 atom stereocenters. The highest BCUT2D eigenvalue weighted by molar-refractivity contribution is 5.89. The summed E-state index contributed by atoms with van der Waals surface area (Å²) in [6.45, 7) is 0.352. The first-order valence-corrected chi connectivity index (χ1v) is 10.7. The van der Waals surface area contributed by atoms with E-state index in [9.17, 15) is 9.90 Å². The van der Waals surface area contributed by atoms with E-state index in [2.05, 4.69) is 0 Å². The Bertz CT molecular complexity index is 1160. The summed E-state index contributed by atoms with van der Waals surface area (Å²) >= 11 is 0. The van der Waals surface area contributed by atoms with Crippen molar-refractivity contribution in [3.63, 3.8) is 0 Å². The minimum absolute atomic E-state index is 0.223. The maximum atomic E-state index is 11.7. The molecule has 1 N–H and O–H groups in total. The van der Waals surface area contributed by atoms with Gasteiger partial charge in [0.2, 0.25) is 0 Å². The molecule has 0 saturated heterocycles. The maximum Gasteiger partial charge on any atom is 0.336 e. The summed E-state index contributed by atoms with van der Waals surface area (Å²) in [6, 6.07) is 33.2. The van der Waals surface area contributed by atoms with Gasteiger partial charge < -0.3 is 19.3 Å². The molecule has 0 aliphatic heterocycles. The van der Waals surface area contributed by atoms with Crippen molar-refractivity contribution in [3.8, 4) is 23.0 Å². The number of hydrogen-bond donors (Lipinski definition) is 1. The zero-order valence-corrected chi connectivity index (χ0v) is 18.0. The van der Waals surface area contributed by atoms with E-state index in [-0.39, 0.29) is 5.56 Å². The molecule has 0 spiro atoms. The molecule has 166 valence electrons. The van der Waals surface area contributed by atoms with E-state index in [4.69, 9.17) is 14.2 Å². The molecule has 0 aliphatic carbocycles. The van der Waals surface area contributed by atoms with Crippen LogP contribution in [0.2, 0.25) is 0 Å². The molecular formula is C28H24O5. The molecular weight excluding hydrogens is 416 g/mol. The minimum Gasteiger partial charge on any atom is -0.493 e. The largest absolute Gasteiger partial charge is 0.493 e. The van der Waals surface area contributed by atoms with E-state index in [0.717, 1.165) is 5.75 Å². The van der Waals surface area contributed by atoms with E-state index in [1.54, 1.807) is 18.2 Å². The number of carboxylic acid groups (broad SMARTS) is 1. The monoisotopic (exact) mass is 440 g/mol. The van der Waals surface area contributed by atoms with Gasteiger partial charge in [0.25, 0.3) is 0 Å². The molecule has 5 heteroatoms. The van der Waals surface area contributed by atoms with Crippen LogP contribution in [0.3, 0.4) is 0 Å². The standard InChI is InChI=1S/C28H24O5/c29-28(30)26-14-8-7-13-25(26)27(33-23-11-5-2-6-12-23)19-20-31-21-15-17-24(18-16-21)32-22-9-3-1-4-10-22/h1-18,27H,19-20H2,(H,29,30). The van der Waals surface area contributed by atoms with Crippen LogP contribution in [0.5, 0.6) is 23.0 Å². The fraction of sp³-hybridized carbons (Fsp3) is 0.107. The summed E-state index contributed by atoms with van der Waals surface area (Å²) in [5.41, 5.74) is 0.838. The van der Waals surface area contributed by atoms with Crippen molar-refractivity contribution in [1.82, 2.24) is 0 Å². The molecule has 1 unspecified atom stereocenters. The lowest BCUT2D eigenvalue weighted by atomic mass is 10.00. The van der Waals surface area contributed by atoms with Crippen molar-refractivity contribution in [2.75, 3.05) is 6.61 Å². The number of benzene rings is 4. The number of carboxylic acids is 1. The van der Waals surface area contributed by atoms with Crippen molar-refractivity contribution >= 4 is 5.97 Å². The highest BCUT2D eigenvalue weighted by Gasteiger charge is 2.20. The van der Waals surface area contributed by atoms with Crippen molar-refractivity contribution in [2.45, 2.75) is 12.5 Å². The van der Waals surface area contributed by atoms with E-state index in [1.165, 1.54) is 0 Å². The normalized spacial score (nSPS) is 11.4. The third-order valence-electron chi connectivity index (χ3n) is 5.01. The highest BCUT2D eigenvalue weighted by Crippen LogP contribution is 2.28. The highest BCUT2D eigenvalue weighted by atomic mass is 16.5. The molecule has 0 fully saturated rings. The van der Waals surface area contributed by atoms with Crippen molar-refractivity contribution < 1.29 is 24.1 Å². The summed E-state index contributed by atoms with van der Waals surface area (Å²) in [5.74, 6) is 1.87. The third-order valence-corrected chi connectivity index (χ3v) is 5.01. The second-order valence-corrected chi connectivity index (χ2v) is 7.34. The smallest absolute Gasteiger partial charge is 0.336 e. The van der Waals surface area contributed by atoms with Crippen molar-refractivity contribution in [2.24, 2.45) is 0 Å². The van der Waals surface area contributed by atoms with Gasteiger partial charge in [-0.05, 0) is 54.6 Å². The molecule has 33 heavy (non-hydrogen) atoms. The van der Waals surface area contributed by atoms with Gasteiger partial charge in [-0.2, -0.15) is 0 Å². The van der Waals surface area contributed by atoms with Crippen LogP contribution in [0.15, 0.2) is 109 Å².